The Morgan fingerprint density at radius 2 is 1.85 bits per heavy atom. The number of aryl methyl sites for hydroxylation is 3. The Bertz CT molecular complexity index is 881. The van der Waals surface area contributed by atoms with Gasteiger partial charge in [-0.05, 0) is 62.9 Å². The molecule has 2 aromatic heterocycles. The zero-order valence-corrected chi connectivity index (χ0v) is 17.7. The van der Waals surface area contributed by atoms with E-state index in [-0.39, 0.29) is 18.4 Å². The quantitative estimate of drug-likeness (QED) is 0.477. The number of pyridine rings is 1. The van der Waals surface area contributed by atoms with Crippen LogP contribution in [0.4, 0.5) is 0 Å². The van der Waals surface area contributed by atoms with Crippen LogP contribution in [0.2, 0.25) is 0 Å². The van der Waals surface area contributed by atoms with Crippen molar-refractivity contribution in [2.24, 2.45) is 11.8 Å². The van der Waals surface area contributed by atoms with Gasteiger partial charge in [0, 0.05) is 23.0 Å². The second-order valence-corrected chi connectivity index (χ2v) is 8.85. The molecule has 5 nitrogen and oxygen atoms in total. The third kappa shape index (κ3) is 5.78. The van der Waals surface area contributed by atoms with E-state index in [1.807, 2.05) is 0 Å². The molecule has 148 valence electrons. The van der Waals surface area contributed by atoms with Crippen molar-refractivity contribution in [3.8, 4) is 5.82 Å². The minimum absolute atomic E-state index is 0.0504. The van der Waals surface area contributed by atoms with Gasteiger partial charge < -0.3 is 4.57 Å². The van der Waals surface area contributed by atoms with Crippen LogP contribution in [-0.2, 0) is 20.7 Å². The molecule has 0 bridgehead atoms. The fraction of sp³-hybridized carbons (Fsp3) is 0.476. The van der Waals surface area contributed by atoms with Gasteiger partial charge in [0.2, 0.25) is 0 Å². The second kappa shape index (κ2) is 8.85. The number of hydrogen-bond acceptors (Lipinski definition) is 4. The third-order valence-electron chi connectivity index (χ3n) is 4.89. The fourth-order valence-electron chi connectivity index (χ4n) is 3.43. The lowest BCUT2D eigenvalue weighted by atomic mass is 9.86. The van der Waals surface area contributed by atoms with Gasteiger partial charge in [-0.25, -0.2) is 4.98 Å². The van der Waals surface area contributed by atoms with Crippen molar-refractivity contribution in [2.75, 3.05) is 12.9 Å². The second-order valence-electron chi connectivity index (χ2n) is 7.21. The molecule has 2 unspecified atom stereocenters. The normalized spacial score (nSPS) is 14.1. The zero-order valence-electron chi connectivity index (χ0n) is 16.9. The highest BCUT2D eigenvalue weighted by atomic mass is 32.2. The van der Waals surface area contributed by atoms with Crippen LogP contribution in [0.25, 0.3) is 5.82 Å². The predicted molar refractivity (Wildman–Crippen MR) is 110 cm³/mol. The summed E-state index contributed by atoms with van der Waals surface area (Å²) in [6, 6.07) is 8.36. The van der Waals surface area contributed by atoms with Crippen LogP contribution in [0.3, 0.4) is 0 Å². The highest BCUT2D eigenvalue weighted by molar-refractivity contribution is 7.85. The van der Waals surface area contributed by atoms with E-state index < -0.39 is 10.1 Å². The van der Waals surface area contributed by atoms with Crippen LogP contribution < -0.4 is 0 Å². The van der Waals surface area contributed by atoms with E-state index in [0.717, 1.165) is 47.6 Å². The highest BCUT2D eigenvalue weighted by Gasteiger charge is 2.21. The maximum atomic E-state index is 11.3. The molecule has 0 saturated heterocycles. The molecule has 0 aliphatic heterocycles. The predicted octanol–water partition coefficient (Wildman–Crippen LogP) is 4.14. The third-order valence-corrected chi connectivity index (χ3v) is 5.45. The summed E-state index contributed by atoms with van der Waals surface area (Å²) in [4.78, 5) is 4.88. The molecule has 0 saturated carbocycles. The molecule has 0 fully saturated rings. The Balaban J connectivity index is 2.27. The van der Waals surface area contributed by atoms with Gasteiger partial charge in [-0.3, -0.25) is 4.18 Å². The Kier molecular flexibility index (Phi) is 7.00. The molecular weight excluding hydrogens is 360 g/mol. The summed E-state index contributed by atoms with van der Waals surface area (Å²) in [5.41, 5.74) is 4.44. The van der Waals surface area contributed by atoms with E-state index >= 15 is 0 Å². The Morgan fingerprint density at radius 1 is 1.22 bits per heavy atom. The molecule has 0 aromatic carbocycles. The summed E-state index contributed by atoms with van der Waals surface area (Å²) >= 11 is 0. The van der Waals surface area contributed by atoms with Crippen LogP contribution in [0.1, 0.15) is 36.0 Å². The monoisotopic (exact) mass is 390 g/mol. The average Bonchev–Trinajstić information content (AvgIpc) is 2.91. The van der Waals surface area contributed by atoms with Crippen molar-refractivity contribution in [2.45, 2.75) is 40.5 Å². The maximum absolute atomic E-state index is 11.3. The summed E-state index contributed by atoms with van der Waals surface area (Å²) < 4.78 is 29.8. The number of nitrogens with zero attached hydrogens (tertiary/aromatic N) is 2. The molecule has 2 atom stereocenters. The molecule has 27 heavy (non-hydrogen) atoms. The van der Waals surface area contributed by atoms with Crippen molar-refractivity contribution in [3.63, 3.8) is 0 Å². The van der Waals surface area contributed by atoms with Crippen LogP contribution in [0.15, 0.2) is 36.9 Å². The van der Waals surface area contributed by atoms with E-state index in [4.69, 9.17) is 9.17 Å². The summed E-state index contributed by atoms with van der Waals surface area (Å²) in [6.07, 6.45) is 4.49. The number of hydrogen-bond donors (Lipinski definition) is 0. The standard InChI is InChI=1S/C21H30N2O3S/c1-7-18(19(8-2)14-26-27(6,24)25)13-20-11-15(3)12-21(22-20)23-16(4)9-10-17(23)5/h8-12,18-19H,2,7,13-14H2,1,3-6H3. The van der Waals surface area contributed by atoms with Gasteiger partial charge in [0.1, 0.15) is 5.82 Å². The molecule has 6 heteroatoms. The maximum Gasteiger partial charge on any atom is 0.264 e. The lowest BCUT2D eigenvalue weighted by molar-refractivity contribution is 0.229. The van der Waals surface area contributed by atoms with Gasteiger partial charge in [0.05, 0.1) is 12.9 Å². The number of aromatic nitrogens is 2. The SMILES string of the molecule is C=CC(COS(C)(=O)=O)C(CC)Cc1cc(C)cc(-n2c(C)ccc2C)n1. The van der Waals surface area contributed by atoms with Crippen LogP contribution in [0, 0.1) is 32.6 Å². The van der Waals surface area contributed by atoms with E-state index in [2.05, 4.69) is 63.1 Å². The van der Waals surface area contributed by atoms with Gasteiger partial charge in [0.15, 0.2) is 0 Å². The molecule has 0 spiro atoms. The Morgan fingerprint density at radius 3 is 2.37 bits per heavy atom. The first kappa shape index (κ1) is 21.4. The lowest BCUT2D eigenvalue weighted by Gasteiger charge is -2.23. The van der Waals surface area contributed by atoms with Crippen LogP contribution in [-0.4, -0.2) is 30.8 Å². The van der Waals surface area contributed by atoms with Gasteiger partial charge in [-0.15, -0.1) is 6.58 Å². The minimum atomic E-state index is -3.46. The molecule has 2 rings (SSSR count). The summed E-state index contributed by atoms with van der Waals surface area (Å²) in [6.45, 7) is 12.3. The molecule has 2 aromatic rings. The molecule has 0 aliphatic carbocycles. The molecule has 2 heterocycles. The molecule has 0 radical (unpaired) electrons. The Hall–Kier alpha value is -1.92. The summed E-state index contributed by atoms with van der Waals surface area (Å²) in [5, 5.41) is 0. The van der Waals surface area contributed by atoms with Crippen LogP contribution >= 0.6 is 0 Å². The van der Waals surface area contributed by atoms with Crippen molar-refractivity contribution in [3.05, 3.63) is 59.6 Å². The van der Waals surface area contributed by atoms with Crippen molar-refractivity contribution in [1.29, 1.82) is 0 Å². The highest BCUT2D eigenvalue weighted by Crippen LogP contribution is 2.24. The molecular formula is C21H30N2O3S. The van der Waals surface area contributed by atoms with Gasteiger partial charge in [0.25, 0.3) is 10.1 Å². The van der Waals surface area contributed by atoms with Gasteiger partial charge in [-0.2, -0.15) is 8.42 Å². The molecule has 0 N–H and O–H groups in total. The van der Waals surface area contributed by atoms with E-state index in [1.54, 1.807) is 6.08 Å². The van der Waals surface area contributed by atoms with Crippen molar-refractivity contribution >= 4 is 10.1 Å². The first-order valence-electron chi connectivity index (χ1n) is 9.24. The molecule has 0 amide bonds. The van der Waals surface area contributed by atoms with Gasteiger partial charge in [-0.1, -0.05) is 19.4 Å². The molecule has 0 aliphatic rings. The Labute approximate surface area is 163 Å². The largest absolute Gasteiger partial charge is 0.303 e. The van der Waals surface area contributed by atoms with E-state index in [9.17, 15) is 8.42 Å². The first-order chi connectivity index (χ1) is 12.6. The fourth-order valence-corrected chi connectivity index (χ4v) is 3.84. The van der Waals surface area contributed by atoms with Gasteiger partial charge >= 0.3 is 0 Å². The van der Waals surface area contributed by atoms with Crippen LogP contribution in [0.5, 0.6) is 0 Å². The number of rotatable bonds is 9. The summed E-state index contributed by atoms with van der Waals surface area (Å²) in [7, 11) is -3.46. The topological polar surface area (TPSA) is 61.2 Å². The van der Waals surface area contributed by atoms with E-state index in [1.165, 1.54) is 0 Å². The zero-order chi connectivity index (χ0) is 20.2. The average molecular weight is 391 g/mol. The summed E-state index contributed by atoms with van der Waals surface area (Å²) in [5.74, 6) is 1.08. The lowest BCUT2D eigenvalue weighted by Crippen LogP contribution is -2.22. The van der Waals surface area contributed by atoms with Crippen molar-refractivity contribution < 1.29 is 12.6 Å². The smallest absolute Gasteiger partial charge is 0.264 e. The minimum Gasteiger partial charge on any atom is -0.303 e. The van der Waals surface area contributed by atoms with Crippen molar-refractivity contribution in [1.82, 2.24) is 9.55 Å². The van der Waals surface area contributed by atoms with E-state index in [0.29, 0.717) is 0 Å². The first-order valence-corrected chi connectivity index (χ1v) is 11.1.